The van der Waals surface area contributed by atoms with E-state index in [1.807, 2.05) is 48.5 Å². The number of aliphatic hydroxyl groups is 2. The van der Waals surface area contributed by atoms with E-state index < -0.39 is 48.2 Å². The summed E-state index contributed by atoms with van der Waals surface area (Å²) >= 11 is 0. The normalized spacial score (nSPS) is 19.4. The molecule has 300 valence electrons. The topological polar surface area (TPSA) is 226 Å². The van der Waals surface area contributed by atoms with Gasteiger partial charge in [-0.05, 0) is 54.2 Å². The van der Waals surface area contributed by atoms with Crippen molar-refractivity contribution in [2.24, 2.45) is 11.8 Å². The van der Waals surface area contributed by atoms with E-state index in [0.717, 1.165) is 40.1 Å². The summed E-state index contributed by atoms with van der Waals surface area (Å²) in [5, 5.41) is 34.3. The number of amides is 4. The molecule has 0 bridgehead atoms. The Bertz CT molecular complexity index is 2120. The summed E-state index contributed by atoms with van der Waals surface area (Å²) in [7, 11) is 1.23. The van der Waals surface area contributed by atoms with Crippen molar-refractivity contribution >= 4 is 24.0 Å². The highest BCUT2D eigenvalue weighted by Gasteiger charge is 2.41. The van der Waals surface area contributed by atoms with Crippen LogP contribution in [0.4, 0.5) is 9.59 Å². The number of aromatic nitrogens is 4. The summed E-state index contributed by atoms with van der Waals surface area (Å²) < 4.78 is 4.70. The second-order valence-corrected chi connectivity index (χ2v) is 14.8. The molecule has 0 saturated carbocycles. The second kappa shape index (κ2) is 17.7. The van der Waals surface area contributed by atoms with Crippen LogP contribution in [0, 0.1) is 23.7 Å². The molecule has 16 nitrogen and oxygen atoms in total. The van der Waals surface area contributed by atoms with Gasteiger partial charge in [-0.25, -0.2) is 19.6 Å². The summed E-state index contributed by atoms with van der Waals surface area (Å²) in [6, 6.07) is 12.6. The summed E-state index contributed by atoms with van der Waals surface area (Å²) in [5.74, 6) is 6.05. The van der Waals surface area contributed by atoms with Gasteiger partial charge in [-0.2, -0.15) is 0 Å². The van der Waals surface area contributed by atoms with Crippen molar-refractivity contribution in [2.45, 2.75) is 70.3 Å². The van der Waals surface area contributed by atoms with Crippen LogP contribution in [-0.2, 0) is 14.3 Å². The quantitative estimate of drug-likeness (QED) is 0.109. The lowest BCUT2D eigenvalue weighted by atomic mass is 10.0. The number of carbonyl (C=O) groups is 4. The number of β-amino-alcohol motifs (C(OH)–C–C–N with tert-alkyl or cyclic N) is 1. The van der Waals surface area contributed by atoms with Crippen LogP contribution >= 0.6 is 0 Å². The molecule has 6 rings (SSSR count). The molecule has 4 aromatic rings. The van der Waals surface area contributed by atoms with Gasteiger partial charge < -0.3 is 50.5 Å². The van der Waals surface area contributed by atoms with Gasteiger partial charge in [-0.3, -0.25) is 9.59 Å². The lowest BCUT2D eigenvalue weighted by molar-refractivity contribution is -0.136. The Labute approximate surface area is 330 Å². The van der Waals surface area contributed by atoms with E-state index in [0.29, 0.717) is 24.6 Å². The number of carboxylic acid groups (broad SMARTS) is 1. The number of hydrogen-bond acceptors (Lipinski definition) is 9. The average Bonchev–Trinajstić information content (AvgIpc) is 4.04. The third-order valence-electron chi connectivity index (χ3n) is 10.5. The molecule has 57 heavy (non-hydrogen) atoms. The van der Waals surface area contributed by atoms with Crippen LogP contribution in [0.15, 0.2) is 60.9 Å². The van der Waals surface area contributed by atoms with E-state index in [4.69, 9.17) is 4.74 Å². The molecule has 2 fully saturated rings. The molecule has 0 radical (unpaired) electrons. The second-order valence-electron chi connectivity index (χ2n) is 14.8. The number of rotatable bonds is 11. The van der Waals surface area contributed by atoms with Crippen molar-refractivity contribution in [2.75, 3.05) is 26.8 Å². The van der Waals surface area contributed by atoms with E-state index >= 15 is 0 Å². The van der Waals surface area contributed by atoms with Crippen LogP contribution in [0.3, 0.4) is 0 Å². The Balaban J connectivity index is 1.09. The van der Waals surface area contributed by atoms with Gasteiger partial charge in [0.15, 0.2) is 0 Å². The number of aliphatic hydroxyl groups excluding tert-OH is 2. The molecule has 0 aliphatic carbocycles. The first kappa shape index (κ1) is 40.5. The fourth-order valence-electron chi connectivity index (χ4n) is 7.29. The largest absolute Gasteiger partial charge is 0.465 e. The fourth-order valence-corrected chi connectivity index (χ4v) is 7.29. The molecule has 2 aromatic carbocycles. The third kappa shape index (κ3) is 9.28. The van der Waals surface area contributed by atoms with Gasteiger partial charge >= 0.3 is 12.2 Å². The van der Waals surface area contributed by atoms with Gasteiger partial charge in [0, 0.05) is 43.2 Å². The zero-order chi connectivity index (χ0) is 40.8. The SMILES string of the molecule is COC(=O)N[C@H](C(=O)N1CCCC1c1ncc(-c2ccc(C#Cc3ccc(-c4cnc([C@@H]5C[C@H](O)CN5C(=O)[C@@H](NC(=O)O)C(C)C)[nH]4)cc3)cc2)[nH]1)C(C)CO. The van der Waals surface area contributed by atoms with Gasteiger partial charge in [-0.15, -0.1) is 0 Å². The van der Waals surface area contributed by atoms with E-state index in [1.54, 1.807) is 38.1 Å². The number of H-pyrrole nitrogens is 2. The maximum Gasteiger partial charge on any atom is 0.407 e. The van der Waals surface area contributed by atoms with Crippen molar-refractivity contribution in [1.29, 1.82) is 0 Å². The first-order valence-electron chi connectivity index (χ1n) is 18.9. The van der Waals surface area contributed by atoms with Crippen molar-refractivity contribution in [3.63, 3.8) is 0 Å². The molecular formula is C41H48N8O8. The van der Waals surface area contributed by atoms with Gasteiger partial charge in [0.25, 0.3) is 0 Å². The Morgan fingerprint density at radius 1 is 0.842 bits per heavy atom. The molecule has 4 amide bonds. The fraction of sp³-hybridized carbons (Fsp3) is 0.415. The first-order chi connectivity index (χ1) is 27.4. The summed E-state index contributed by atoms with van der Waals surface area (Å²) in [5.41, 5.74) is 4.88. The number of alkyl carbamates (subject to hydrolysis) is 1. The molecule has 2 aromatic heterocycles. The number of hydrogen-bond donors (Lipinski definition) is 7. The molecule has 4 heterocycles. The summed E-state index contributed by atoms with van der Waals surface area (Å²) in [6.45, 7) is 5.53. The molecular weight excluding hydrogens is 732 g/mol. The number of benzene rings is 2. The van der Waals surface area contributed by atoms with Gasteiger partial charge in [0.05, 0.1) is 49.1 Å². The average molecular weight is 781 g/mol. The zero-order valence-electron chi connectivity index (χ0n) is 32.2. The first-order valence-corrected chi connectivity index (χ1v) is 18.9. The van der Waals surface area contributed by atoms with Crippen LogP contribution in [0.25, 0.3) is 22.5 Å². The van der Waals surface area contributed by atoms with Gasteiger partial charge in [0.2, 0.25) is 11.8 Å². The lowest BCUT2D eigenvalue weighted by Gasteiger charge is -2.30. The Kier molecular flexibility index (Phi) is 12.6. The van der Waals surface area contributed by atoms with Crippen LogP contribution in [0.2, 0.25) is 0 Å². The molecule has 7 N–H and O–H groups in total. The van der Waals surface area contributed by atoms with Crippen LogP contribution in [0.5, 0.6) is 0 Å². The number of methoxy groups -OCH3 is 1. The van der Waals surface area contributed by atoms with Gasteiger partial charge in [-0.1, -0.05) is 56.9 Å². The molecule has 0 spiro atoms. The predicted octanol–water partition coefficient (Wildman–Crippen LogP) is 3.81. The Morgan fingerprint density at radius 3 is 1.89 bits per heavy atom. The highest BCUT2D eigenvalue weighted by molar-refractivity contribution is 5.87. The zero-order valence-corrected chi connectivity index (χ0v) is 32.2. The van der Waals surface area contributed by atoms with Crippen molar-refractivity contribution in [3.8, 4) is 34.4 Å². The molecule has 2 aliphatic rings. The van der Waals surface area contributed by atoms with Crippen LogP contribution in [0.1, 0.15) is 74.9 Å². The number of nitrogens with one attached hydrogen (secondary N) is 4. The molecule has 16 heteroatoms. The Morgan fingerprint density at radius 2 is 1.39 bits per heavy atom. The van der Waals surface area contributed by atoms with Crippen LogP contribution in [-0.4, -0.2) is 114 Å². The van der Waals surface area contributed by atoms with Crippen molar-refractivity contribution < 1.29 is 39.2 Å². The predicted molar refractivity (Wildman–Crippen MR) is 208 cm³/mol. The monoisotopic (exact) mass is 780 g/mol. The van der Waals surface area contributed by atoms with Gasteiger partial charge in [0.1, 0.15) is 23.7 Å². The minimum absolute atomic E-state index is 0.0832. The number of likely N-dealkylation sites (tertiary alicyclic amines) is 2. The molecule has 6 atom stereocenters. The van der Waals surface area contributed by atoms with Crippen molar-refractivity contribution in [1.82, 2.24) is 40.4 Å². The summed E-state index contributed by atoms with van der Waals surface area (Å²) in [4.78, 5) is 69.1. The highest BCUT2D eigenvalue weighted by Crippen LogP contribution is 2.34. The number of ether oxygens (including phenoxy) is 1. The smallest absolute Gasteiger partial charge is 0.407 e. The maximum absolute atomic E-state index is 13.5. The minimum Gasteiger partial charge on any atom is -0.465 e. The van der Waals surface area contributed by atoms with Crippen LogP contribution < -0.4 is 10.6 Å². The van der Waals surface area contributed by atoms with E-state index in [9.17, 15) is 34.5 Å². The standard InChI is InChI=1S/C41H48N8O8/c1-23(2)34(46-40(54)55)38(52)49-21-29(51)18-33(49)37-43-20-31(45-37)28-15-11-26(12-16-28)8-7-25-9-13-27(14-10-25)30-19-42-36(44-30)32-6-5-17-48(32)39(53)35(24(3)22-50)47-41(56)57-4/h9-16,19-20,23-24,29,32-35,46,50-51H,5-6,17-18,21-22H2,1-4H3,(H,42,44)(H,43,45)(H,47,56)(H,54,55)/t24?,29-,32?,33-,34-,35-/m0/s1. The summed E-state index contributed by atoms with van der Waals surface area (Å²) in [6.07, 6.45) is 2.38. The number of imidazole rings is 2. The lowest BCUT2D eigenvalue weighted by Crippen LogP contribution is -2.52. The van der Waals surface area contributed by atoms with E-state index in [2.05, 4.69) is 42.4 Å². The van der Waals surface area contributed by atoms with E-state index in [1.165, 1.54) is 12.0 Å². The highest BCUT2D eigenvalue weighted by atomic mass is 16.5. The molecule has 2 unspecified atom stereocenters. The van der Waals surface area contributed by atoms with E-state index in [-0.39, 0.29) is 37.4 Å². The number of carbonyl (C=O) groups excluding carboxylic acids is 3. The minimum atomic E-state index is -1.28. The number of nitrogens with zero attached hydrogens (tertiary/aromatic N) is 4. The maximum atomic E-state index is 13.5. The molecule has 2 aliphatic heterocycles. The van der Waals surface area contributed by atoms with Crippen molar-refractivity contribution in [3.05, 3.63) is 83.7 Å². The Hall–Kier alpha value is -6.18. The third-order valence-corrected chi connectivity index (χ3v) is 10.5. The molecule has 2 saturated heterocycles. The number of aromatic amines is 2.